The van der Waals surface area contributed by atoms with E-state index in [0.717, 1.165) is 0 Å². The second kappa shape index (κ2) is 22.1. The molecule has 2 atom stereocenters. The Morgan fingerprint density at radius 1 is 0.784 bits per heavy atom. The minimum absolute atomic E-state index is 0. The molecule has 0 unspecified atom stereocenters. The van der Waals surface area contributed by atoms with Crippen molar-refractivity contribution in [3.63, 3.8) is 0 Å². The third kappa shape index (κ3) is 15.6. The molecule has 0 saturated carbocycles. The molecule has 22 heteroatoms. The molecule has 0 aliphatic carbocycles. The van der Waals surface area contributed by atoms with Crippen molar-refractivity contribution in [2.24, 2.45) is 0 Å². The van der Waals surface area contributed by atoms with E-state index in [1.54, 1.807) is 19.6 Å². The number of carboxylic acids is 3. The second-order valence-electron chi connectivity index (χ2n) is 12.2. The summed E-state index contributed by atoms with van der Waals surface area (Å²) in [4.78, 5) is 84.9. The van der Waals surface area contributed by atoms with Crippen molar-refractivity contribution in [2.75, 3.05) is 90.5 Å². The molecule has 2 fully saturated rings. The second-order valence-corrected chi connectivity index (χ2v) is 12.2. The van der Waals surface area contributed by atoms with Gasteiger partial charge in [-0.05, 0) is 31.9 Å². The van der Waals surface area contributed by atoms with E-state index in [2.05, 4.69) is 21.2 Å². The van der Waals surface area contributed by atoms with Crippen LogP contribution in [0, 0.1) is 39.9 Å². The number of hydrogen-bond donors (Lipinski definition) is 8. The summed E-state index contributed by atoms with van der Waals surface area (Å²) in [5.41, 5.74) is 5.33. The van der Waals surface area contributed by atoms with E-state index < -0.39 is 54.7 Å². The fourth-order valence-electron chi connectivity index (χ4n) is 5.73. The monoisotopic (exact) mass is 865 g/mol. The van der Waals surface area contributed by atoms with E-state index in [1.807, 2.05) is 0 Å². The van der Waals surface area contributed by atoms with E-state index in [4.69, 9.17) is 0 Å². The number of anilines is 1. The van der Waals surface area contributed by atoms with Gasteiger partial charge in [0.15, 0.2) is 0 Å². The first-order valence-electron chi connectivity index (χ1n) is 16.2. The quantitative estimate of drug-likeness (QED) is 0.0657. The van der Waals surface area contributed by atoms with Crippen molar-refractivity contribution in [1.82, 2.24) is 40.2 Å². The summed E-state index contributed by atoms with van der Waals surface area (Å²) < 4.78 is 0. The largest absolute Gasteiger partial charge is 0.480 e. The third-order valence-electron chi connectivity index (χ3n) is 8.37. The van der Waals surface area contributed by atoms with Crippen molar-refractivity contribution < 1.29 is 94.1 Å². The Balaban J connectivity index is 0.00000901. The molecule has 0 bridgehead atoms. The van der Waals surface area contributed by atoms with E-state index in [0.29, 0.717) is 19.4 Å². The van der Waals surface area contributed by atoms with Gasteiger partial charge in [-0.3, -0.25) is 59.2 Å². The van der Waals surface area contributed by atoms with Crippen molar-refractivity contribution >= 4 is 48.6 Å². The Labute approximate surface area is 327 Å². The Hall–Kier alpha value is -3.08. The Bertz CT molecular complexity index is 1320. The number of nitrogens with zero attached hydrogens (tertiary/aromatic N) is 6. The maximum absolute atomic E-state index is 12.9. The van der Waals surface area contributed by atoms with Gasteiger partial charge in [0.25, 0.3) is 11.8 Å². The third-order valence-corrected chi connectivity index (χ3v) is 8.37. The van der Waals surface area contributed by atoms with Gasteiger partial charge in [-0.2, -0.15) is 0 Å². The molecule has 8 N–H and O–H groups in total. The van der Waals surface area contributed by atoms with Crippen LogP contribution in [0.15, 0.2) is 18.3 Å². The average Bonchev–Trinajstić information content (AvgIpc) is 3.55. The summed E-state index contributed by atoms with van der Waals surface area (Å²) in [6, 6.07) is 1.95. The van der Waals surface area contributed by atoms with Gasteiger partial charge >= 0.3 is 25.0 Å². The van der Waals surface area contributed by atoms with E-state index in [-0.39, 0.29) is 130 Å². The Morgan fingerprint density at radius 3 is 1.67 bits per heavy atom. The predicted molar refractivity (Wildman–Crippen MR) is 177 cm³/mol. The number of hydrogen-bond acceptors (Lipinski definition) is 14. The molecule has 3 amide bonds. The molecule has 1 aromatic rings. The summed E-state index contributed by atoms with van der Waals surface area (Å²) in [5.74, 6) is -5.17. The fraction of sp³-hybridized carbons (Fsp3) is 0.621. The van der Waals surface area contributed by atoms with Crippen LogP contribution in [-0.4, -0.2) is 195 Å². The average molecular weight is 865 g/mol. The van der Waals surface area contributed by atoms with Gasteiger partial charge in [0.05, 0.1) is 37.7 Å². The number of amides is 3. The van der Waals surface area contributed by atoms with Gasteiger partial charge in [-0.15, -0.1) is 0 Å². The van der Waals surface area contributed by atoms with E-state index in [9.17, 15) is 54.1 Å². The number of carbonyl (C=O) groups excluding carboxylic acids is 3. The first-order chi connectivity index (χ1) is 23.7. The van der Waals surface area contributed by atoms with Crippen molar-refractivity contribution in [2.45, 2.75) is 31.7 Å². The van der Waals surface area contributed by atoms with Gasteiger partial charge in [-0.25, -0.2) is 4.98 Å². The topological polar surface area (TPSA) is 269 Å². The van der Waals surface area contributed by atoms with Gasteiger partial charge in [0, 0.05) is 105 Å². The smallest absolute Gasteiger partial charge is 0.475 e. The molecule has 0 aromatic carbocycles. The van der Waals surface area contributed by atoms with Crippen LogP contribution in [0.1, 0.15) is 30.1 Å². The molecular formula is C29H46BGdN9O11. The Morgan fingerprint density at radius 2 is 1.25 bits per heavy atom. The number of carboxylic acid groups (broad SMARTS) is 3. The standard InChI is InChI=1S/C29H46BN9O11.Gd/c1-20(29(48)39-6-2-3-22(39)30(49)50)32-28(47)21-4-5-23(31-15-21)33-34-24(40)16-35-7-9-36(17-25(41)42)11-13-38(19-27(45)46)14-12-37(10-8-35)18-26(43)44;/h4-5,15,20,22,49-50H,2-3,6-14,16-19H2,1H3,(H,31,33)(H,32,47)(H,34,40)(H,41,42)(H,43,44)(H,45,46);/t20-,22+;/m1./s1. The summed E-state index contributed by atoms with van der Waals surface area (Å²) in [6.45, 7) is 2.94. The van der Waals surface area contributed by atoms with Gasteiger partial charge < -0.3 is 35.6 Å². The van der Waals surface area contributed by atoms with Gasteiger partial charge in [0.2, 0.25) is 5.91 Å². The number of pyridine rings is 1. The minimum atomic E-state index is -1.67. The normalized spacial score (nSPS) is 19.0. The minimum Gasteiger partial charge on any atom is -0.480 e. The van der Waals surface area contributed by atoms with Crippen LogP contribution in [-0.2, 0) is 24.0 Å². The Kier molecular flexibility index (Phi) is 19.1. The number of likely N-dealkylation sites (tertiary alicyclic amines) is 1. The van der Waals surface area contributed by atoms with Crippen LogP contribution in [0.2, 0.25) is 0 Å². The molecule has 2 saturated heterocycles. The number of aromatic nitrogens is 1. The molecule has 2 aliphatic rings. The molecular weight excluding hydrogens is 818 g/mol. The number of hydrazine groups is 1. The number of carbonyl (C=O) groups is 6. The number of rotatable bonds is 14. The maximum atomic E-state index is 12.9. The molecule has 3 rings (SSSR count). The summed E-state index contributed by atoms with van der Waals surface area (Å²) in [6.07, 6.45) is 2.32. The molecule has 20 nitrogen and oxygen atoms in total. The molecule has 0 radical (unpaired) electrons. The van der Waals surface area contributed by atoms with Crippen LogP contribution in [0.4, 0.5) is 5.82 Å². The van der Waals surface area contributed by atoms with Crippen LogP contribution in [0.5, 0.6) is 0 Å². The van der Waals surface area contributed by atoms with Crippen molar-refractivity contribution in [1.29, 1.82) is 0 Å². The van der Waals surface area contributed by atoms with Crippen molar-refractivity contribution in [3.05, 3.63) is 23.9 Å². The van der Waals surface area contributed by atoms with Crippen LogP contribution in [0.3, 0.4) is 0 Å². The van der Waals surface area contributed by atoms with Crippen molar-refractivity contribution in [3.8, 4) is 0 Å². The van der Waals surface area contributed by atoms with Crippen LogP contribution >= 0.6 is 0 Å². The van der Waals surface area contributed by atoms with Crippen LogP contribution in [0.25, 0.3) is 0 Å². The SMILES string of the molecule is C[C@@H](NC(=O)c1ccc(NNC(=O)CN2CCN(CC(=O)O)CCN(CC(=O)O)CCN(CC(=O)O)CC2)nc1)C(=O)N1CCC[C@H]1B(O)O.[Gd]. The molecule has 284 valence electrons. The molecule has 2 aliphatic heterocycles. The molecule has 1 aromatic heterocycles. The van der Waals surface area contributed by atoms with E-state index >= 15 is 0 Å². The summed E-state index contributed by atoms with van der Waals surface area (Å²) in [7, 11) is -1.67. The zero-order valence-corrected chi connectivity index (χ0v) is 30.6. The summed E-state index contributed by atoms with van der Waals surface area (Å²) >= 11 is 0. The predicted octanol–water partition coefficient (Wildman–Crippen LogP) is -3.88. The molecule has 51 heavy (non-hydrogen) atoms. The number of aliphatic carboxylic acids is 3. The number of nitrogens with one attached hydrogen (secondary N) is 3. The van der Waals surface area contributed by atoms with Crippen LogP contribution < -0.4 is 16.2 Å². The fourth-order valence-corrected chi connectivity index (χ4v) is 5.73. The first-order valence-corrected chi connectivity index (χ1v) is 16.2. The molecule has 0 spiro atoms. The first kappa shape index (κ1) is 44.1. The molecule has 3 heterocycles. The zero-order valence-electron chi connectivity index (χ0n) is 28.3. The maximum Gasteiger partial charge on any atom is 0.475 e. The van der Waals surface area contributed by atoms with E-state index in [1.165, 1.54) is 30.2 Å². The van der Waals surface area contributed by atoms with Gasteiger partial charge in [0.1, 0.15) is 11.9 Å². The zero-order chi connectivity index (χ0) is 36.8. The summed E-state index contributed by atoms with van der Waals surface area (Å²) in [5, 5.41) is 49.7. The van der Waals surface area contributed by atoms with Gasteiger partial charge in [-0.1, -0.05) is 0 Å².